The van der Waals surface area contributed by atoms with Crippen molar-refractivity contribution >= 4 is 15.8 Å². The van der Waals surface area contributed by atoms with Crippen LogP contribution in [0.4, 0.5) is 0 Å². The minimum Gasteiger partial charge on any atom is -0.480 e. The molecule has 2 aliphatic heterocycles. The number of rotatable bonds is 1. The molecule has 2 fully saturated rings. The Morgan fingerprint density at radius 2 is 2.19 bits per heavy atom. The summed E-state index contributed by atoms with van der Waals surface area (Å²) < 4.78 is 28.7. The fraction of sp³-hybridized carbons (Fsp3) is 0.889. The Morgan fingerprint density at radius 3 is 2.69 bits per heavy atom. The smallest absolute Gasteiger partial charge is 0.321 e. The lowest BCUT2D eigenvalue weighted by molar-refractivity contribution is -0.138. The quantitative estimate of drug-likeness (QED) is 0.626. The maximum absolute atomic E-state index is 11.6. The van der Waals surface area contributed by atoms with E-state index in [-0.39, 0.29) is 18.2 Å². The van der Waals surface area contributed by atoms with Gasteiger partial charge in [0.05, 0.1) is 11.4 Å². The predicted octanol–water partition coefficient (Wildman–Crippen LogP) is -0.865. The number of ether oxygens (including phenoxy) is 1. The van der Waals surface area contributed by atoms with Crippen LogP contribution >= 0.6 is 0 Å². The van der Waals surface area contributed by atoms with E-state index in [2.05, 4.69) is 0 Å². The number of carboxylic acid groups (broad SMARTS) is 1. The van der Waals surface area contributed by atoms with Crippen molar-refractivity contribution in [3.8, 4) is 0 Å². The minimum atomic E-state index is -3.54. The van der Waals surface area contributed by atoms with E-state index in [0.717, 1.165) is 0 Å². The molecule has 3 unspecified atom stereocenters. The van der Waals surface area contributed by atoms with Gasteiger partial charge in [-0.05, 0) is 12.8 Å². The molecule has 16 heavy (non-hydrogen) atoms. The first-order valence-electron chi connectivity index (χ1n) is 5.21. The fourth-order valence-electron chi connectivity index (χ4n) is 2.47. The zero-order valence-corrected chi connectivity index (χ0v) is 9.57. The third-order valence-electron chi connectivity index (χ3n) is 3.54. The SMILES string of the molecule is NC1CCOC12CCS(=O)(=O)C(C(=O)O)C2. The Labute approximate surface area is 93.7 Å². The third kappa shape index (κ3) is 1.72. The van der Waals surface area contributed by atoms with Gasteiger partial charge in [-0.25, -0.2) is 8.42 Å². The van der Waals surface area contributed by atoms with Gasteiger partial charge in [-0.1, -0.05) is 0 Å². The molecule has 3 atom stereocenters. The molecule has 0 saturated carbocycles. The summed E-state index contributed by atoms with van der Waals surface area (Å²) in [4.78, 5) is 10.9. The number of carbonyl (C=O) groups is 1. The van der Waals surface area contributed by atoms with Crippen molar-refractivity contribution in [2.75, 3.05) is 12.4 Å². The fourth-order valence-corrected chi connectivity index (χ4v) is 4.23. The average Bonchev–Trinajstić information content (AvgIpc) is 2.53. The molecular weight excluding hydrogens is 234 g/mol. The molecule has 2 aliphatic rings. The van der Waals surface area contributed by atoms with E-state index < -0.39 is 26.7 Å². The summed E-state index contributed by atoms with van der Waals surface area (Å²) in [7, 11) is -3.54. The molecule has 2 saturated heterocycles. The summed E-state index contributed by atoms with van der Waals surface area (Å²) in [6.07, 6.45) is 0.943. The van der Waals surface area contributed by atoms with Crippen molar-refractivity contribution in [2.45, 2.75) is 36.2 Å². The monoisotopic (exact) mass is 249 g/mol. The summed E-state index contributed by atoms with van der Waals surface area (Å²) in [5.41, 5.74) is 5.14. The summed E-state index contributed by atoms with van der Waals surface area (Å²) in [6, 6.07) is -0.259. The Balaban J connectivity index is 2.28. The molecule has 0 radical (unpaired) electrons. The summed E-state index contributed by atoms with van der Waals surface area (Å²) in [5, 5.41) is 7.56. The Bertz CT molecular complexity index is 406. The number of carboxylic acids is 1. The van der Waals surface area contributed by atoms with Crippen molar-refractivity contribution in [1.82, 2.24) is 0 Å². The largest absolute Gasteiger partial charge is 0.480 e. The van der Waals surface area contributed by atoms with Gasteiger partial charge in [0.1, 0.15) is 0 Å². The standard InChI is InChI=1S/C9H15NO5S/c10-7-1-3-15-9(7)2-4-16(13,14)6(5-9)8(11)12/h6-7H,1-5,10H2,(H,11,12). The lowest BCUT2D eigenvalue weighted by atomic mass is 9.87. The van der Waals surface area contributed by atoms with Gasteiger partial charge in [0.15, 0.2) is 15.1 Å². The normalized spacial score (nSPS) is 42.3. The molecule has 0 aromatic carbocycles. The Hall–Kier alpha value is -0.660. The highest BCUT2D eigenvalue weighted by molar-refractivity contribution is 7.92. The van der Waals surface area contributed by atoms with Gasteiger partial charge in [0, 0.05) is 19.1 Å². The zero-order chi connectivity index (χ0) is 12.0. The van der Waals surface area contributed by atoms with Crippen LogP contribution in [-0.4, -0.2) is 48.7 Å². The van der Waals surface area contributed by atoms with Crippen LogP contribution in [0.25, 0.3) is 0 Å². The molecule has 0 bridgehead atoms. The van der Waals surface area contributed by atoms with Gasteiger partial charge in [-0.3, -0.25) is 4.79 Å². The first-order chi connectivity index (χ1) is 7.37. The molecule has 0 aromatic heterocycles. The molecule has 0 aromatic rings. The van der Waals surface area contributed by atoms with Gasteiger partial charge in [-0.15, -0.1) is 0 Å². The number of aliphatic carboxylic acids is 1. The van der Waals surface area contributed by atoms with E-state index >= 15 is 0 Å². The van der Waals surface area contributed by atoms with Crippen molar-refractivity contribution in [2.24, 2.45) is 5.73 Å². The van der Waals surface area contributed by atoms with E-state index in [9.17, 15) is 13.2 Å². The third-order valence-corrected chi connectivity index (χ3v) is 5.55. The van der Waals surface area contributed by atoms with Crippen molar-refractivity contribution in [3.05, 3.63) is 0 Å². The molecule has 0 amide bonds. The Kier molecular flexibility index (Phi) is 2.72. The van der Waals surface area contributed by atoms with E-state index in [1.54, 1.807) is 0 Å². The summed E-state index contributed by atoms with van der Waals surface area (Å²) in [5.74, 6) is -1.46. The van der Waals surface area contributed by atoms with E-state index in [4.69, 9.17) is 15.6 Å². The van der Waals surface area contributed by atoms with E-state index in [1.165, 1.54) is 0 Å². The van der Waals surface area contributed by atoms with Crippen molar-refractivity contribution < 1.29 is 23.1 Å². The van der Waals surface area contributed by atoms with Crippen molar-refractivity contribution in [1.29, 1.82) is 0 Å². The molecule has 2 rings (SSSR count). The van der Waals surface area contributed by atoms with Crippen LogP contribution in [-0.2, 0) is 19.4 Å². The summed E-state index contributed by atoms with van der Waals surface area (Å²) in [6.45, 7) is 0.480. The number of sulfone groups is 1. The van der Waals surface area contributed by atoms with Crippen LogP contribution < -0.4 is 5.73 Å². The molecule has 3 N–H and O–H groups in total. The maximum atomic E-state index is 11.6. The first-order valence-corrected chi connectivity index (χ1v) is 6.93. The highest BCUT2D eigenvalue weighted by atomic mass is 32.2. The Morgan fingerprint density at radius 1 is 1.50 bits per heavy atom. The molecular formula is C9H15NO5S. The number of hydrogen-bond donors (Lipinski definition) is 2. The molecule has 1 spiro atoms. The zero-order valence-electron chi connectivity index (χ0n) is 8.76. The highest BCUT2D eigenvalue weighted by Gasteiger charge is 2.52. The number of nitrogens with two attached hydrogens (primary N) is 1. The predicted molar refractivity (Wildman–Crippen MR) is 55.7 cm³/mol. The van der Waals surface area contributed by atoms with Gasteiger partial charge < -0.3 is 15.6 Å². The first kappa shape index (κ1) is 11.8. The van der Waals surface area contributed by atoms with Crippen LogP contribution in [0.3, 0.4) is 0 Å². The topological polar surface area (TPSA) is 107 Å². The van der Waals surface area contributed by atoms with Crippen LogP contribution in [0.15, 0.2) is 0 Å². The summed E-state index contributed by atoms with van der Waals surface area (Å²) >= 11 is 0. The second-order valence-corrected chi connectivity index (χ2v) is 6.76. The molecule has 92 valence electrons. The molecule has 2 heterocycles. The second kappa shape index (κ2) is 3.68. The molecule has 6 nitrogen and oxygen atoms in total. The lowest BCUT2D eigenvalue weighted by Gasteiger charge is -2.38. The van der Waals surface area contributed by atoms with Gasteiger partial charge in [0.25, 0.3) is 0 Å². The minimum absolute atomic E-state index is 0.0220. The van der Waals surface area contributed by atoms with Gasteiger partial charge >= 0.3 is 5.97 Å². The van der Waals surface area contributed by atoms with Gasteiger partial charge in [-0.2, -0.15) is 0 Å². The van der Waals surface area contributed by atoms with Crippen LogP contribution in [0.1, 0.15) is 19.3 Å². The van der Waals surface area contributed by atoms with Crippen LogP contribution in [0, 0.1) is 0 Å². The number of hydrogen-bond acceptors (Lipinski definition) is 5. The van der Waals surface area contributed by atoms with E-state index in [1.807, 2.05) is 0 Å². The highest BCUT2D eigenvalue weighted by Crippen LogP contribution is 2.38. The second-order valence-electron chi connectivity index (χ2n) is 4.46. The van der Waals surface area contributed by atoms with Gasteiger partial charge in [0.2, 0.25) is 0 Å². The molecule has 7 heteroatoms. The average molecular weight is 249 g/mol. The maximum Gasteiger partial charge on any atom is 0.321 e. The van der Waals surface area contributed by atoms with E-state index in [0.29, 0.717) is 19.4 Å². The van der Waals surface area contributed by atoms with Crippen LogP contribution in [0.5, 0.6) is 0 Å². The molecule has 0 aliphatic carbocycles. The van der Waals surface area contributed by atoms with Crippen molar-refractivity contribution in [3.63, 3.8) is 0 Å². The van der Waals surface area contributed by atoms with Crippen LogP contribution in [0.2, 0.25) is 0 Å². The lowest BCUT2D eigenvalue weighted by Crippen LogP contribution is -2.55.